The number of unbranched alkanes of at least 4 members (excludes halogenated alkanes) is 2. The Balaban J connectivity index is 1.25. The highest BCUT2D eigenvalue weighted by molar-refractivity contribution is 7.89. The molecular weight excluding hydrogens is 442 g/mol. The van der Waals surface area contributed by atoms with Gasteiger partial charge in [0.05, 0.1) is 4.90 Å². The Labute approximate surface area is 196 Å². The molecule has 2 N–H and O–H groups in total. The zero-order chi connectivity index (χ0) is 23.5. The largest absolute Gasteiger partial charge is 0.486 e. The Hall–Kier alpha value is -2.62. The van der Waals surface area contributed by atoms with Crippen LogP contribution in [0.3, 0.4) is 0 Å². The molecule has 8 nitrogen and oxygen atoms in total. The molecule has 0 radical (unpaired) electrons. The van der Waals surface area contributed by atoms with E-state index < -0.39 is 10.0 Å². The van der Waals surface area contributed by atoms with Crippen LogP contribution in [0.4, 0.5) is 0 Å². The number of benzene rings is 2. The molecule has 3 rings (SSSR count). The molecule has 1 heterocycles. The van der Waals surface area contributed by atoms with Crippen LogP contribution in [-0.4, -0.2) is 59.1 Å². The Kier molecular flexibility index (Phi) is 9.53. The fraction of sp³-hybridized carbons (Fsp3) is 0.458. The number of hydrogen-bond donors (Lipinski definition) is 2. The molecule has 0 spiro atoms. The maximum atomic E-state index is 12.5. The molecule has 0 aromatic heterocycles. The van der Waals surface area contributed by atoms with Gasteiger partial charge < -0.3 is 19.7 Å². The summed E-state index contributed by atoms with van der Waals surface area (Å²) in [6, 6.07) is 14.8. The fourth-order valence-corrected chi connectivity index (χ4v) is 4.61. The first-order chi connectivity index (χ1) is 15.9. The first kappa shape index (κ1) is 25.0. The average Bonchev–Trinajstić information content (AvgIpc) is 2.81. The predicted molar refractivity (Wildman–Crippen MR) is 127 cm³/mol. The molecule has 2 aromatic carbocycles. The van der Waals surface area contributed by atoms with Gasteiger partial charge in [0.25, 0.3) is 0 Å². The highest BCUT2D eigenvalue weighted by Gasteiger charge is 2.18. The lowest BCUT2D eigenvalue weighted by molar-refractivity contribution is -0.121. The van der Waals surface area contributed by atoms with Gasteiger partial charge in [0.15, 0.2) is 11.5 Å². The number of sulfonamides is 1. The summed E-state index contributed by atoms with van der Waals surface area (Å²) >= 11 is 0. The number of nitrogens with zero attached hydrogens (tertiary/aromatic N) is 1. The van der Waals surface area contributed by atoms with Gasteiger partial charge in [-0.2, -0.15) is 0 Å². The fourth-order valence-electron chi connectivity index (χ4n) is 3.52. The number of nitrogens with one attached hydrogen (secondary N) is 2. The van der Waals surface area contributed by atoms with E-state index in [0.717, 1.165) is 25.9 Å². The number of carbonyl (C=O) groups excluding carboxylic acids is 1. The van der Waals surface area contributed by atoms with E-state index in [1.54, 1.807) is 6.07 Å². The molecule has 180 valence electrons. The molecule has 1 aliphatic heterocycles. The van der Waals surface area contributed by atoms with Gasteiger partial charge in [-0.15, -0.1) is 0 Å². The van der Waals surface area contributed by atoms with Crippen molar-refractivity contribution in [2.45, 2.75) is 37.1 Å². The second kappa shape index (κ2) is 12.6. The van der Waals surface area contributed by atoms with Gasteiger partial charge in [0.2, 0.25) is 15.9 Å². The molecule has 33 heavy (non-hydrogen) atoms. The van der Waals surface area contributed by atoms with Gasteiger partial charge in [-0.3, -0.25) is 4.79 Å². The molecule has 0 aliphatic carbocycles. The zero-order valence-corrected chi connectivity index (χ0v) is 19.9. The summed E-state index contributed by atoms with van der Waals surface area (Å²) in [5.74, 6) is 1.03. The lowest BCUT2D eigenvalue weighted by Gasteiger charge is -2.18. The van der Waals surface area contributed by atoms with Gasteiger partial charge in [-0.05, 0) is 37.6 Å². The number of fused-ring (bicyclic) bond motifs is 1. The maximum Gasteiger partial charge on any atom is 0.240 e. The van der Waals surface area contributed by atoms with Crippen LogP contribution in [0, 0.1) is 0 Å². The van der Waals surface area contributed by atoms with Gasteiger partial charge in [0.1, 0.15) is 13.2 Å². The van der Waals surface area contributed by atoms with Crippen LogP contribution in [0.5, 0.6) is 11.5 Å². The van der Waals surface area contributed by atoms with Crippen LogP contribution in [0.1, 0.15) is 31.2 Å². The van der Waals surface area contributed by atoms with E-state index in [9.17, 15) is 13.2 Å². The third kappa shape index (κ3) is 8.34. The van der Waals surface area contributed by atoms with Crippen molar-refractivity contribution in [1.82, 2.24) is 14.9 Å². The quantitative estimate of drug-likeness (QED) is 0.432. The van der Waals surface area contributed by atoms with Crippen molar-refractivity contribution in [1.29, 1.82) is 0 Å². The lowest BCUT2D eigenvalue weighted by Crippen LogP contribution is -2.32. The van der Waals surface area contributed by atoms with E-state index >= 15 is 0 Å². The Morgan fingerprint density at radius 3 is 2.52 bits per heavy atom. The van der Waals surface area contributed by atoms with E-state index in [1.807, 2.05) is 25.2 Å². The van der Waals surface area contributed by atoms with Crippen molar-refractivity contribution in [3.63, 3.8) is 0 Å². The van der Waals surface area contributed by atoms with Gasteiger partial charge in [-0.1, -0.05) is 36.8 Å². The van der Waals surface area contributed by atoms with Crippen molar-refractivity contribution in [3.8, 4) is 11.5 Å². The van der Waals surface area contributed by atoms with Crippen LogP contribution in [0.15, 0.2) is 53.4 Å². The monoisotopic (exact) mass is 475 g/mol. The van der Waals surface area contributed by atoms with E-state index in [2.05, 4.69) is 27.1 Å². The molecule has 0 fully saturated rings. The van der Waals surface area contributed by atoms with Crippen LogP contribution in [0.2, 0.25) is 0 Å². The molecule has 0 saturated heterocycles. The van der Waals surface area contributed by atoms with Crippen LogP contribution < -0.4 is 19.5 Å². The number of ether oxygens (including phenoxy) is 2. The second-order valence-electron chi connectivity index (χ2n) is 8.09. The van der Waals surface area contributed by atoms with Crippen molar-refractivity contribution in [2.24, 2.45) is 0 Å². The number of hydrogen-bond acceptors (Lipinski definition) is 6. The predicted octanol–water partition coefficient (Wildman–Crippen LogP) is 2.54. The van der Waals surface area contributed by atoms with Crippen molar-refractivity contribution >= 4 is 15.9 Å². The number of likely N-dealkylation sites (N-methyl/N-ethyl adjacent to an activating group) is 1. The normalized spacial score (nSPS) is 13.2. The number of rotatable bonds is 13. The first-order valence-corrected chi connectivity index (χ1v) is 12.8. The molecule has 0 bridgehead atoms. The SMILES string of the molecule is CN(CCNC(=O)CCCCCNS(=O)(=O)c1ccc2c(c1)OCCO2)Cc1ccccc1. The van der Waals surface area contributed by atoms with E-state index in [-0.39, 0.29) is 10.8 Å². The Bertz CT molecular complexity index is 998. The lowest BCUT2D eigenvalue weighted by atomic mass is 10.2. The maximum absolute atomic E-state index is 12.5. The standard InChI is InChI=1S/C24H33N3O5S/c1-27(19-20-8-4-2-5-9-20)15-14-25-24(28)10-6-3-7-13-26-33(29,30)21-11-12-22-23(18-21)32-17-16-31-22/h2,4-5,8-9,11-12,18,26H,3,6-7,10,13-17,19H2,1H3,(H,25,28). The van der Waals surface area contributed by atoms with Crippen molar-refractivity contribution in [3.05, 3.63) is 54.1 Å². The molecule has 9 heteroatoms. The molecule has 0 saturated carbocycles. The summed E-state index contributed by atoms with van der Waals surface area (Å²) in [5.41, 5.74) is 1.25. The van der Waals surface area contributed by atoms with Gasteiger partial charge in [-0.25, -0.2) is 13.1 Å². The molecule has 1 aliphatic rings. The van der Waals surface area contributed by atoms with E-state index in [0.29, 0.717) is 50.6 Å². The Morgan fingerprint density at radius 2 is 1.73 bits per heavy atom. The van der Waals surface area contributed by atoms with Gasteiger partial charge in [0, 0.05) is 38.7 Å². The molecular formula is C24H33N3O5S. The van der Waals surface area contributed by atoms with Crippen molar-refractivity contribution in [2.75, 3.05) is 39.9 Å². The second-order valence-corrected chi connectivity index (χ2v) is 9.85. The first-order valence-electron chi connectivity index (χ1n) is 11.3. The smallest absolute Gasteiger partial charge is 0.240 e. The highest BCUT2D eigenvalue weighted by Crippen LogP contribution is 2.32. The third-order valence-electron chi connectivity index (χ3n) is 5.31. The van der Waals surface area contributed by atoms with E-state index in [4.69, 9.17) is 9.47 Å². The summed E-state index contributed by atoms with van der Waals surface area (Å²) < 4.78 is 38.4. The van der Waals surface area contributed by atoms with Crippen LogP contribution in [-0.2, 0) is 21.4 Å². The topological polar surface area (TPSA) is 97.0 Å². The average molecular weight is 476 g/mol. The van der Waals surface area contributed by atoms with Crippen molar-refractivity contribution < 1.29 is 22.7 Å². The van der Waals surface area contributed by atoms with Crippen LogP contribution in [0.25, 0.3) is 0 Å². The Morgan fingerprint density at radius 1 is 0.970 bits per heavy atom. The summed E-state index contributed by atoms with van der Waals surface area (Å²) in [5, 5.41) is 2.95. The zero-order valence-electron chi connectivity index (χ0n) is 19.1. The minimum atomic E-state index is -3.61. The number of carbonyl (C=O) groups is 1. The molecule has 2 aromatic rings. The molecule has 1 amide bonds. The summed E-state index contributed by atoms with van der Waals surface area (Å²) in [6.07, 6.45) is 2.59. The van der Waals surface area contributed by atoms with E-state index in [1.165, 1.54) is 17.7 Å². The highest BCUT2D eigenvalue weighted by atomic mass is 32.2. The summed E-state index contributed by atoms with van der Waals surface area (Å²) in [6.45, 7) is 3.42. The summed E-state index contributed by atoms with van der Waals surface area (Å²) in [7, 11) is -1.58. The molecule has 0 unspecified atom stereocenters. The number of amides is 1. The van der Waals surface area contributed by atoms with Gasteiger partial charge >= 0.3 is 0 Å². The van der Waals surface area contributed by atoms with Crippen LogP contribution >= 0.6 is 0 Å². The minimum Gasteiger partial charge on any atom is -0.486 e. The minimum absolute atomic E-state index is 0.0278. The molecule has 0 atom stereocenters. The summed E-state index contributed by atoms with van der Waals surface area (Å²) in [4.78, 5) is 14.3. The third-order valence-corrected chi connectivity index (χ3v) is 6.77.